The maximum Gasteiger partial charge on any atom is 0.0815 e. The van der Waals surface area contributed by atoms with E-state index in [4.69, 9.17) is 0 Å². The second kappa shape index (κ2) is 6.18. The van der Waals surface area contributed by atoms with Gasteiger partial charge in [0.25, 0.3) is 0 Å². The molecule has 1 N–H and O–H groups in total. The van der Waals surface area contributed by atoms with Crippen LogP contribution in [0.25, 0.3) is 5.69 Å². The Kier molecular flexibility index (Phi) is 4.55. The van der Waals surface area contributed by atoms with E-state index in [1.807, 2.05) is 29.1 Å². The second-order valence-electron chi connectivity index (χ2n) is 6.28. The number of rotatable bonds is 5. The fourth-order valence-corrected chi connectivity index (χ4v) is 2.39. The Morgan fingerprint density at radius 3 is 2.50 bits per heavy atom. The summed E-state index contributed by atoms with van der Waals surface area (Å²) in [5.41, 5.74) is 2.42. The van der Waals surface area contributed by atoms with Gasteiger partial charge in [0.1, 0.15) is 0 Å². The van der Waals surface area contributed by atoms with Crippen LogP contribution in [0, 0.1) is 5.41 Å². The van der Waals surface area contributed by atoms with Crippen molar-refractivity contribution in [2.75, 3.05) is 6.54 Å². The molecule has 20 heavy (non-hydrogen) atoms. The largest absolute Gasteiger partial charge is 0.309 e. The number of nitrogens with zero attached hydrogens (tertiary/aromatic N) is 3. The van der Waals surface area contributed by atoms with Gasteiger partial charge in [-0.15, -0.1) is 5.10 Å². The number of benzene rings is 1. The summed E-state index contributed by atoms with van der Waals surface area (Å²) >= 11 is 0. The van der Waals surface area contributed by atoms with Crippen LogP contribution in [0.1, 0.15) is 45.9 Å². The molecule has 1 atom stereocenters. The zero-order valence-electron chi connectivity index (χ0n) is 12.8. The monoisotopic (exact) mass is 272 g/mol. The highest BCUT2D eigenvalue weighted by Crippen LogP contribution is 2.29. The summed E-state index contributed by atoms with van der Waals surface area (Å²) in [6, 6.07) is 10.4. The van der Waals surface area contributed by atoms with E-state index < -0.39 is 0 Å². The first-order chi connectivity index (χ1) is 9.51. The van der Waals surface area contributed by atoms with Crippen LogP contribution in [-0.4, -0.2) is 21.5 Å². The summed E-state index contributed by atoms with van der Waals surface area (Å²) in [5, 5.41) is 11.9. The highest BCUT2D eigenvalue weighted by atomic mass is 15.4. The lowest BCUT2D eigenvalue weighted by Crippen LogP contribution is -2.27. The molecular weight excluding hydrogens is 248 g/mol. The molecule has 0 bridgehead atoms. The molecule has 0 aliphatic carbocycles. The van der Waals surface area contributed by atoms with Gasteiger partial charge in [-0.1, -0.05) is 51.1 Å². The van der Waals surface area contributed by atoms with Crippen LogP contribution in [0.15, 0.2) is 36.5 Å². The summed E-state index contributed by atoms with van der Waals surface area (Å²) in [4.78, 5) is 0. The number of aromatic nitrogens is 3. The topological polar surface area (TPSA) is 42.7 Å². The molecule has 0 saturated heterocycles. The van der Waals surface area contributed by atoms with Gasteiger partial charge in [-0.25, -0.2) is 4.68 Å². The van der Waals surface area contributed by atoms with Crippen LogP contribution in [0.2, 0.25) is 0 Å². The van der Waals surface area contributed by atoms with Crippen molar-refractivity contribution in [1.29, 1.82) is 0 Å². The zero-order valence-corrected chi connectivity index (χ0v) is 12.8. The Balaban J connectivity index is 2.33. The normalized spacial score (nSPS) is 13.4. The minimum Gasteiger partial charge on any atom is -0.309 e. The number of hydrogen-bond donors (Lipinski definition) is 1. The van der Waals surface area contributed by atoms with E-state index >= 15 is 0 Å². The quantitative estimate of drug-likeness (QED) is 0.907. The van der Waals surface area contributed by atoms with Gasteiger partial charge in [0.15, 0.2) is 0 Å². The predicted octanol–water partition coefficient (Wildman–Crippen LogP) is 3.35. The molecule has 4 heteroatoms. The fourth-order valence-electron chi connectivity index (χ4n) is 2.39. The van der Waals surface area contributed by atoms with Gasteiger partial charge in [0, 0.05) is 0 Å². The first-order valence-corrected chi connectivity index (χ1v) is 7.20. The lowest BCUT2D eigenvalue weighted by molar-refractivity contribution is 0.308. The van der Waals surface area contributed by atoms with E-state index in [1.54, 1.807) is 0 Å². The SMILES string of the molecule is CCNC(CC(C)(C)C)c1cnnn1-c1ccccc1. The molecule has 108 valence electrons. The molecule has 2 aromatic rings. The van der Waals surface area contributed by atoms with Crippen LogP contribution in [-0.2, 0) is 0 Å². The number of nitrogens with one attached hydrogen (secondary N) is 1. The van der Waals surface area contributed by atoms with E-state index in [0.29, 0.717) is 0 Å². The van der Waals surface area contributed by atoms with Gasteiger partial charge < -0.3 is 5.32 Å². The molecule has 2 rings (SSSR count). The maximum atomic E-state index is 4.25. The van der Waals surface area contributed by atoms with Gasteiger partial charge in [-0.3, -0.25) is 0 Å². The lowest BCUT2D eigenvalue weighted by atomic mass is 9.87. The van der Waals surface area contributed by atoms with Gasteiger partial charge in [0.2, 0.25) is 0 Å². The summed E-state index contributed by atoms with van der Waals surface area (Å²) in [6.07, 6.45) is 2.91. The summed E-state index contributed by atoms with van der Waals surface area (Å²) < 4.78 is 1.93. The van der Waals surface area contributed by atoms with E-state index in [-0.39, 0.29) is 11.5 Å². The Bertz CT molecular complexity index is 525. The van der Waals surface area contributed by atoms with Crippen molar-refractivity contribution in [2.45, 2.75) is 40.2 Å². The van der Waals surface area contributed by atoms with Crippen molar-refractivity contribution >= 4 is 0 Å². The Morgan fingerprint density at radius 1 is 1.20 bits per heavy atom. The second-order valence-corrected chi connectivity index (χ2v) is 6.28. The van der Waals surface area contributed by atoms with Crippen LogP contribution >= 0.6 is 0 Å². The predicted molar refractivity (Wildman–Crippen MR) is 81.8 cm³/mol. The molecule has 1 unspecified atom stereocenters. The van der Waals surface area contributed by atoms with Gasteiger partial charge in [0.05, 0.1) is 23.6 Å². The van der Waals surface area contributed by atoms with Crippen molar-refractivity contribution in [2.24, 2.45) is 5.41 Å². The van der Waals surface area contributed by atoms with Crippen molar-refractivity contribution in [3.63, 3.8) is 0 Å². The van der Waals surface area contributed by atoms with Gasteiger partial charge in [-0.05, 0) is 30.5 Å². The molecule has 0 radical (unpaired) electrons. The molecular formula is C16H24N4. The molecule has 0 aliphatic rings. The third-order valence-electron chi connectivity index (χ3n) is 3.20. The average Bonchev–Trinajstić information content (AvgIpc) is 2.87. The summed E-state index contributed by atoms with van der Waals surface area (Å²) in [7, 11) is 0. The fraction of sp³-hybridized carbons (Fsp3) is 0.500. The molecule has 1 heterocycles. The molecule has 0 aliphatic heterocycles. The highest BCUT2D eigenvalue weighted by Gasteiger charge is 2.23. The smallest absolute Gasteiger partial charge is 0.0815 e. The van der Waals surface area contributed by atoms with Gasteiger partial charge in [-0.2, -0.15) is 0 Å². The third kappa shape index (κ3) is 3.67. The molecule has 0 saturated carbocycles. The van der Waals surface area contributed by atoms with Crippen LogP contribution in [0.3, 0.4) is 0 Å². The number of para-hydroxylation sites is 1. The lowest BCUT2D eigenvalue weighted by Gasteiger charge is -2.26. The third-order valence-corrected chi connectivity index (χ3v) is 3.20. The first-order valence-electron chi connectivity index (χ1n) is 7.20. The standard InChI is InChI=1S/C16H24N4/c1-5-17-14(11-16(2,3)4)15-12-18-19-20(15)13-9-7-6-8-10-13/h6-10,12,14,17H,5,11H2,1-4H3. The molecule has 0 spiro atoms. The molecule has 0 amide bonds. The van der Waals surface area contributed by atoms with Crippen LogP contribution in [0.4, 0.5) is 0 Å². The summed E-state index contributed by atoms with van der Waals surface area (Å²) in [5.74, 6) is 0. The van der Waals surface area contributed by atoms with E-state index in [0.717, 1.165) is 24.3 Å². The van der Waals surface area contributed by atoms with Gasteiger partial charge >= 0.3 is 0 Å². The van der Waals surface area contributed by atoms with Crippen molar-refractivity contribution < 1.29 is 0 Å². The van der Waals surface area contributed by atoms with E-state index in [9.17, 15) is 0 Å². The first kappa shape index (κ1) is 14.7. The van der Waals surface area contributed by atoms with Crippen molar-refractivity contribution in [3.05, 3.63) is 42.2 Å². The minimum atomic E-state index is 0.249. The Morgan fingerprint density at radius 2 is 1.90 bits per heavy atom. The zero-order chi connectivity index (χ0) is 14.6. The highest BCUT2D eigenvalue weighted by molar-refractivity contribution is 5.32. The van der Waals surface area contributed by atoms with Crippen LogP contribution in [0.5, 0.6) is 0 Å². The van der Waals surface area contributed by atoms with Crippen molar-refractivity contribution in [1.82, 2.24) is 20.3 Å². The summed E-state index contributed by atoms with van der Waals surface area (Å²) in [6.45, 7) is 9.84. The minimum absolute atomic E-state index is 0.249. The Labute approximate surface area is 121 Å². The van der Waals surface area contributed by atoms with Crippen LogP contribution < -0.4 is 5.32 Å². The van der Waals surface area contributed by atoms with E-state index in [2.05, 4.69) is 55.5 Å². The maximum absolute atomic E-state index is 4.25. The molecule has 0 fully saturated rings. The molecule has 1 aromatic heterocycles. The molecule has 4 nitrogen and oxygen atoms in total. The molecule has 1 aromatic carbocycles. The van der Waals surface area contributed by atoms with E-state index in [1.165, 1.54) is 0 Å². The average molecular weight is 272 g/mol. The van der Waals surface area contributed by atoms with Crippen molar-refractivity contribution in [3.8, 4) is 5.69 Å². The Hall–Kier alpha value is -1.68. The number of hydrogen-bond acceptors (Lipinski definition) is 3.